The van der Waals surface area contributed by atoms with Gasteiger partial charge in [-0.2, -0.15) is 0 Å². The Morgan fingerprint density at radius 1 is 1.05 bits per heavy atom. The first-order chi connectivity index (χ1) is 20.0. The van der Waals surface area contributed by atoms with Crippen LogP contribution < -0.4 is 9.64 Å². The lowest BCUT2D eigenvalue weighted by molar-refractivity contribution is -0.385. The topological polar surface area (TPSA) is 131 Å². The highest BCUT2D eigenvalue weighted by Crippen LogP contribution is 2.38. The van der Waals surface area contributed by atoms with Gasteiger partial charge in [-0.1, -0.05) is 54.6 Å². The summed E-state index contributed by atoms with van der Waals surface area (Å²) in [4.78, 5) is 33.1. The highest BCUT2D eigenvalue weighted by atomic mass is 16.6. The minimum Gasteiger partial charge on any atom is -0.493 e. The number of fused-ring (bicyclic) bond motifs is 2. The Hall–Kier alpha value is -4.96. The molecular weight excluding hydrogens is 524 g/mol. The number of para-hydroxylation sites is 1. The zero-order valence-electron chi connectivity index (χ0n) is 22.2. The van der Waals surface area contributed by atoms with Crippen LogP contribution in [-0.2, 0) is 11.2 Å². The third-order valence-corrected chi connectivity index (χ3v) is 7.40. The third kappa shape index (κ3) is 5.17. The van der Waals surface area contributed by atoms with Gasteiger partial charge in [0.1, 0.15) is 23.5 Å². The van der Waals surface area contributed by atoms with Gasteiger partial charge in [0.2, 0.25) is 0 Å². The van der Waals surface area contributed by atoms with Crippen LogP contribution in [0.2, 0.25) is 0 Å². The molecule has 2 N–H and O–H groups in total. The van der Waals surface area contributed by atoms with Gasteiger partial charge < -0.3 is 24.5 Å². The number of H-pyrrole nitrogens is 1. The van der Waals surface area contributed by atoms with E-state index in [0.717, 1.165) is 21.9 Å². The van der Waals surface area contributed by atoms with Gasteiger partial charge in [0.05, 0.1) is 30.3 Å². The van der Waals surface area contributed by atoms with Crippen LogP contribution >= 0.6 is 0 Å². The third-order valence-electron chi connectivity index (χ3n) is 7.40. The Bertz CT molecular complexity index is 1750. The molecule has 0 spiro atoms. The Morgan fingerprint density at radius 3 is 2.61 bits per heavy atom. The number of rotatable bonds is 9. The van der Waals surface area contributed by atoms with E-state index in [1.54, 1.807) is 0 Å². The van der Waals surface area contributed by atoms with Crippen molar-refractivity contribution in [2.24, 2.45) is 0 Å². The number of hydrogen-bond acceptors (Lipinski definition) is 7. The van der Waals surface area contributed by atoms with Gasteiger partial charge in [0.25, 0.3) is 5.69 Å². The van der Waals surface area contributed by atoms with Crippen molar-refractivity contribution >= 4 is 39.1 Å². The van der Waals surface area contributed by atoms with Crippen molar-refractivity contribution in [3.05, 3.63) is 94.3 Å². The molecule has 1 aliphatic heterocycles. The van der Waals surface area contributed by atoms with E-state index in [4.69, 9.17) is 9.47 Å². The lowest BCUT2D eigenvalue weighted by Gasteiger charge is -2.29. The maximum atomic E-state index is 12.3. The van der Waals surface area contributed by atoms with E-state index in [1.807, 2.05) is 65.6 Å². The molecule has 5 aromatic rings. The van der Waals surface area contributed by atoms with Crippen molar-refractivity contribution in [1.29, 1.82) is 0 Å². The SMILES string of the molecule is O=C(O)c1[nH]c2c(-c3cc([N+](=O)[O-])cnc3N3CCOCC3)cccc2c1CCCOc1cccc2ccccc12. The molecule has 2 aromatic heterocycles. The smallest absolute Gasteiger partial charge is 0.352 e. The average molecular weight is 553 g/mol. The molecule has 0 unspecified atom stereocenters. The summed E-state index contributed by atoms with van der Waals surface area (Å²) in [6.07, 6.45) is 2.32. The standard InChI is InChI=1S/C31H28N4O6/c36-31(37)29-24(11-5-15-41-27-12-3-7-20-6-1-2-8-22(20)27)23-9-4-10-25(28(23)33-29)26-18-21(35(38)39)19-32-30(26)34-13-16-40-17-14-34/h1-4,6-10,12,18-19,33H,5,11,13-17H2,(H,36,37). The zero-order chi connectivity index (χ0) is 28.3. The molecule has 1 aliphatic rings. The molecule has 1 saturated heterocycles. The number of carboxylic acid groups (broad SMARTS) is 1. The maximum absolute atomic E-state index is 12.3. The van der Waals surface area contributed by atoms with Crippen LogP contribution in [0.15, 0.2) is 72.9 Å². The van der Waals surface area contributed by atoms with Crippen LogP contribution in [0.1, 0.15) is 22.5 Å². The van der Waals surface area contributed by atoms with E-state index in [0.29, 0.717) is 73.8 Å². The summed E-state index contributed by atoms with van der Waals surface area (Å²) in [5, 5.41) is 24.6. The summed E-state index contributed by atoms with van der Waals surface area (Å²) in [7, 11) is 0. The minimum atomic E-state index is -1.07. The first-order valence-electron chi connectivity index (χ1n) is 13.5. The molecule has 3 aromatic carbocycles. The van der Waals surface area contributed by atoms with Gasteiger partial charge in [-0.25, -0.2) is 9.78 Å². The molecule has 0 atom stereocenters. The van der Waals surface area contributed by atoms with E-state index in [2.05, 4.69) is 9.97 Å². The van der Waals surface area contributed by atoms with Gasteiger partial charge in [0.15, 0.2) is 0 Å². The number of aryl methyl sites for hydroxylation is 1. The van der Waals surface area contributed by atoms with Gasteiger partial charge in [-0.15, -0.1) is 0 Å². The molecule has 10 heteroatoms. The molecule has 6 rings (SSSR count). The number of carboxylic acids is 1. The van der Waals surface area contributed by atoms with Crippen LogP contribution in [0, 0.1) is 10.1 Å². The van der Waals surface area contributed by atoms with Crippen LogP contribution in [0.3, 0.4) is 0 Å². The number of carbonyl (C=O) groups is 1. The summed E-state index contributed by atoms with van der Waals surface area (Å²) in [6, 6.07) is 21.0. The molecule has 208 valence electrons. The molecule has 1 fully saturated rings. The minimum absolute atomic E-state index is 0.101. The Balaban J connectivity index is 1.34. The number of nitrogens with one attached hydrogen (secondary N) is 1. The predicted molar refractivity (Wildman–Crippen MR) is 156 cm³/mol. The number of pyridine rings is 1. The average Bonchev–Trinajstić information content (AvgIpc) is 3.38. The lowest BCUT2D eigenvalue weighted by Crippen LogP contribution is -2.37. The van der Waals surface area contributed by atoms with Gasteiger partial charge in [0, 0.05) is 41.1 Å². The van der Waals surface area contributed by atoms with E-state index in [1.165, 1.54) is 12.3 Å². The van der Waals surface area contributed by atoms with Crippen molar-refractivity contribution < 1.29 is 24.3 Å². The van der Waals surface area contributed by atoms with Crippen LogP contribution in [0.4, 0.5) is 11.5 Å². The number of aromatic carboxylic acids is 1. The van der Waals surface area contributed by atoms with Crippen molar-refractivity contribution in [2.75, 3.05) is 37.8 Å². The fraction of sp³-hybridized carbons (Fsp3) is 0.226. The Kier molecular flexibility index (Phi) is 7.22. The molecule has 0 saturated carbocycles. The maximum Gasteiger partial charge on any atom is 0.352 e. The van der Waals surface area contributed by atoms with Crippen LogP contribution in [0.25, 0.3) is 32.8 Å². The van der Waals surface area contributed by atoms with Crippen molar-refractivity contribution in [2.45, 2.75) is 12.8 Å². The van der Waals surface area contributed by atoms with Gasteiger partial charge in [-0.3, -0.25) is 10.1 Å². The lowest BCUT2D eigenvalue weighted by atomic mass is 9.99. The molecular formula is C31H28N4O6. The number of nitro groups is 1. The van der Waals surface area contributed by atoms with Gasteiger partial charge in [-0.05, 0) is 29.9 Å². The number of benzene rings is 3. The van der Waals surface area contributed by atoms with Crippen molar-refractivity contribution in [1.82, 2.24) is 9.97 Å². The molecule has 0 radical (unpaired) electrons. The highest BCUT2D eigenvalue weighted by molar-refractivity contribution is 6.04. The number of nitrogens with zero attached hydrogens (tertiary/aromatic N) is 3. The van der Waals surface area contributed by atoms with Crippen molar-refractivity contribution in [3.8, 4) is 16.9 Å². The highest BCUT2D eigenvalue weighted by Gasteiger charge is 2.24. The van der Waals surface area contributed by atoms with Crippen molar-refractivity contribution in [3.63, 3.8) is 0 Å². The molecule has 0 bridgehead atoms. The second-order valence-electron chi connectivity index (χ2n) is 9.86. The molecule has 41 heavy (non-hydrogen) atoms. The number of ether oxygens (including phenoxy) is 2. The number of aromatic amines is 1. The molecule has 0 aliphatic carbocycles. The fourth-order valence-electron chi connectivity index (χ4n) is 5.46. The van der Waals surface area contributed by atoms with Crippen LogP contribution in [0.5, 0.6) is 5.75 Å². The number of aromatic nitrogens is 2. The first kappa shape index (κ1) is 26.3. The monoisotopic (exact) mass is 552 g/mol. The van der Waals surface area contributed by atoms with Crippen LogP contribution in [-0.4, -0.2) is 58.9 Å². The quantitative estimate of drug-likeness (QED) is 0.133. The summed E-state index contributed by atoms with van der Waals surface area (Å²) in [6.45, 7) is 2.66. The number of morpholine rings is 1. The Labute approximate surface area is 235 Å². The molecule has 3 heterocycles. The summed E-state index contributed by atoms with van der Waals surface area (Å²) < 4.78 is 11.6. The summed E-state index contributed by atoms with van der Waals surface area (Å²) >= 11 is 0. The fourth-order valence-corrected chi connectivity index (χ4v) is 5.46. The summed E-state index contributed by atoms with van der Waals surface area (Å²) in [5.74, 6) is 0.321. The molecule has 0 amide bonds. The zero-order valence-corrected chi connectivity index (χ0v) is 22.2. The Morgan fingerprint density at radius 2 is 1.80 bits per heavy atom. The normalized spacial score (nSPS) is 13.5. The predicted octanol–water partition coefficient (Wildman–Crippen LogP) is 5.84. The van der Waals surface area contributed by atoms with E-state index in [-0.39, 0.29) is 11.4 Å². The number of hydrogen-bond donors (Lipinski definition) is 2. The summed E-state index contributed by atoms with van der Waals surface area (Å²) in [5.41, 5.74) is 2.46. The number of anilines is 1. The van der Waals surface area contributed by atoms with E-state index < -0.39 is 10.9 Å². The molecule has 10 nitrogen and oxygen atoms in total. The largest absolute Gasteiger partial charge is 0.493 e. The first-order valence-corrected chi connectivity index (χ1v) is 13.5. The van der Waals surface area contributed by atoms with Gasteiger partial charge >= 0.3 is 5.97 Å². The van der Waals surface area contributed by atoms with E-state index in [9.17, 15) is 20.0 Å². The van der Waals surface area contributed by atoms with E-state index >= 15 is 0 Å². The second-order valence-corrected chi connectivity index (χ2v) is 9.86. The second kappa shape index (κ2) is 11.3.